The molecule has 3 nitrogen and oxygen atoms in total. The first kappa shape index (κ1) is 11.8. The van der Waals surface area contributed by atoms with Crippen LogP contribution in [0.1, 0.15) is 12.5 Å². The van der Waals surface area contributed by atoms with Crippen molar-refractivity contribution in [2.75, 3.05) is 0 Å². The maximum Gasteiger partial charge on any atom is 0.272 e. The molecule has 4 heteroatoms. The molecule has 1 N–H and O–H groups in total. The van der Waals surface area contributed by atoms with Crippen LogP contribution in [0.3, 0.4) is 0 Å². The molecule has 1 aromatic carbocycles. The minimum atomic E-state index is -0.482. The van der Waals surface area contributed by atoms with Crippen LogP contribution in [0.4, 0.5) is 0 Å². The fourth-order valence-electron chi connectivity index (χ4n) is 1.05. The van der Waals surface area contributed by atoms with Gasteiger partial charge in [-0.3, -0.25) is 10.0 Å². The van der Waals surface area contributed by atoms with E-state index >= 15 is 0 Å². The van der Waals surface area contributed by atoms with E-state index in [1.54, 1.807) is 31.2 Å². The molecule has 0 spiro atoms. The van der Waals surface area contributed by atoms with Crippen LogP contribution in [-0.2, 0) is 11.3 Å². The molecule has 1 aromatic rings. The monoisotopic (exact) mass is 225 g/mol. The van der Waals surface area contributed by atoms with Crippen molar-refractivity contribution in [2.45, 2.75) is 13.5 Å². The van der Waals surface area contributed by atoms with E-state index < -0.39 is 5.91 Å². The SMILES string of the molecule is C=C(C)C(=O)N(O)Cc1ccc(Cl)cc1. The molecule has 15 heavy (non-hydrogen) atoms. The molecule has 1 amide bonds. The van der Waals surface area contributed by atoms with Gasteiger partial charge in [-0.1, -0.05) is 30.3 Å². The first-order valence-corrected chi connectivity index (χ1v) is 4.79. The first-order valence-electron chi connectivity index (χ1n) is 4.41. The molecule has 0 unspecified atom stereocenters. The Labute approximate surface area is 93.5 Å². The van der Waals surface area contributed by atoms with Gasteiger partial charge in [-0.15, -0.1) is 0 Å². The highest BCUT2D eigenvalue weighted by Gasteiger charge is 2.11. The topological polar surface area (TPSA) is 40.5 Å². The molecule has 0 bridgehead atoms. The average molecular weight is 226 g/mol. The van der Waals surface area contributed by atoms with Crippen molar-refractivity contribution in [1.29, 1.82) is 0 Å². The number of benzene rings is 1. The van der Waals surface area contributed by atoms with Gasteiger partial charge in [-0.05, 0) is 24.6 Å². The van der Waals surface area contributed by atoms with Crippen LogP contribution in [0, 0.1) is 0 Å². The molecule has 0 aromatic heterocycles. The number of hydroxylamine groups is 2. The first-order chi connectivity index (χ1) is 7.00. The van der Waals surface area contributed by atoms with Crippen molar-refractivity contribution in [1.82, 2.24) is 5.06 Å². The summed E-state index contributed by atoms with van der Waals surface area (Å²) in [5.41, 5.74) is 1.10. The van der Waals surface area contributed by atoms with Crippen LogP contribution in [0.15, 0.2) is 36.4 Å². The Morgan fingerprint density at radius 3 is 2.47 bits per heavy atom. The molecule has 0 heterocycles. The van der Waals surface area contributed by atoms with E-state index in [2.05, 4.69) is 6.58 Å². The lowest BCUT2D eigenvalue weighted by atomic mass is 10.2. The van der Waals surface area contributed by atoms with Crippen LogP contribution in [-0.4, -0.2) is 16.2 Å². The van der Waals surface area contributed by atoms with Gasteiger partial charge < -0.3 is 0 Å². The molecule has 0 saturated heterocycles. The van der Waals surface area contributed by atoms with E-state index in [-0.39, 0.29) is 6.54 Å². The van der Waals surface area contributed by atoms with Crippen LogP contribution >= 0.6 is 11.6 Å². The van der Waals surface area contributed by atoms with Crippen LogP contribution in [0.2, 0.25) is 5.02 Å². The number of carbonyl (C=O) groups is 1. The number of halogens is 1. The van der Waals surface area contributed by atoms with Crippen LogP contribution < -0.4 is 0 Å². The third-order valence-electron chi connectivity index (χ3n) is 1.85. The number of amides is 1. The molecule has 0 aliphatic carbocycles. The molecule has 80 valence electrons. The summed E-state index contributed by atoms with van der Waals surface area (Å²) in [5.74, 6) is -0.482. The summed E-state index contributed by atoms with van der Waals surface area (Å²) in [6, 6.07) is 6.90. The van der Waals surface area contributed by atoms with Crippen molar-refractivity contribution in [2.24, 2.45) is 0 Å². The van der Waals surface area contributed by atoms with Gasteiger partial charge in [0.05, 0.1) is 6.54 Å². The van der Waals surface area contributed by atoms with E-state index in [9.17, 15) is 10.0 Å². The van der Waals surface area contributed by atoms with Crippen molar-refractivity contribution in [3.8, 4) is 0 Å². The summed E-state index contributed by atoms with van der Waals surface area (Å²) in [7, 11) is 0. The minimum absolute atomic E-state index is 0.128. The predicted octanol–water partition coefficient (Wildman–Crippen LogP) is 2.63. The molecule has 0 saturated carbocycles. The zero-order chi connectivity index (χ0) is 11.4. The molecule has 0 aliphatic rings. The Bertz CT molecular complexity index is 373. The highest BCUT2D eigenvalue weighted by Crippen LogP contribution is 2.11. The maximum atomic E-state index is 11.3. The van der Waals surface area contributed by atoms with Gasteiger partial charge in [-0.25, -0.2) is 5.06 Å². The number of hydrogen-bond acceptors (Lipinski definition) is 2. The largest absolute Gasteiger partial charge is 0.285 e. The summed E-state index contributed by atoms with van der Waals surface area (Å²) in [6.07, 6.45) is 0. The Morgan fingerprint density at radius 1 is 1.47 bits per heavy atom. The third-order valence-corrected chi connectivity index (χ3v) is 2.10. The van der Waals surface area contributed by atoms with Crippen molar-refractivity contribution in [3.05, 3.63) is 47.0 Å². The Kier molecular flexibility index (Phi) is 3.88. The second-order valence-corrected chi connectivity index (χ2v) is 3.71. The summed E-state index contributed by atoms with van der Waals surface area (Å²) in [5, 5.41) is 10.7. The maximum absolute atomic E-state index is 11.3. The fraction of sp³-hybridized carbons (Fsp3) is 0.182. The fourth-order valence-corrected chi connectivity index (χ4v) is 1.18. The summed E-state index contributed by atoms with van der Waals surface area (Å²) in [4.78, 5) is 11.3. The zero-order valence-corrected chi connectivity index (χ0v) is 9.16. The van der Waals surface area contributed by atoms with E-state index in [4.69, 9.17) is 11.6 Å². The quantitative estimate of drug-likeness (QED) is 0.488. The number of nitrogens with zero attached hydrogens (tertiary/aromatic N) is 1. The number of rotatable bonds is 3. The van der Waals surface area contributed by atoms with Gasteiger partial charge in [-0.2, -0.15) is 0 Å². The smallest absolute Gasteiger partial charge is 0.272 e. The van der Waals surface area contributed by atoms with Gasteiger partial charge in [0.2, 0.25) is 0 Å². The number of hydrogen-bond donors (Lipinski definition) is 1. The van der Waals surface area contributed by atoms with Gasteiger partial charge in [0.15, 0.2) is 0 Å². The normalized spacial score (nSPS) is 9.80. The van der Waals surface area contributed by atoms with Crippen molar-refractivity contribution < 1.29 is 10.0 Å². The lowest BCUT2D eigenvalue weighted by Gasteiger charge is -2.14. The van der Waals surface area contributed by atoms with E-state index in [0.717, 1.165) is 5.56 Å². The van der Waals surface area contributed by atoms with Crippen LogP contribution in [0.5, 0.6) is 0 Å². The average Bonchev–Trinajstić information content (AvgIpc) is 2.20. The standard InChI is InChI=1S/C11H12ClNO2/c1-8(2)11(14)13(15)7-9-3-5-10(12)6-4-9/h3-6,15H,1,7H2,2H3. The number of carbonyl (C=O) groups excluding carboxylic acids is 1. The lowest BCUT2D eigenvalue weighted by Crippen LogP contribution is -2.27. The van der Waals surface area contributed by atoms with Gasteiger partial charge >= 0.3 is 0 Å². The second kappa shape index (κ2) is 4.96. The van der Waals surface area contributed by atoms with E-state index in [0.29, 0.717) is 15.7 Å². The Morgan fingerprint density at radius 2 is 2.00 bits per heavy atom. The predicted molar refractivity (Wildman–Crippen MR) is 58.6 cm³/mol. The zero-order valence-electron chi connectivity index (χ0n) is 8.40. The summed E-state index contributed by atoms with van der Waals surface area (Å²) < 4.78 is 0. The van der Waals surface area contributed by atoms with E-state index in [1.165, 1.54) is 0 Å². The van der Waals surface area contributed by atoms with Gasteiger partial charge in [0, 0.05) is 10.6 Å². The summed E-state index contributed by atoms with van der Waals surface area (Å²) >= 11 is 5.70. The molecular formula is C11H12ClNO2. The van der Waals surface area contributed by atoms with E-state index in [1.807, 2.05) is 0 Å². The van der Waals surface area contributed by atoms with Crippen LogP contribution in [0.25, 0.3) is 0 Å². The van der Waals surface area contributed by atoms with Gasteiger partial charge in [0.25, 0.3) is 5.91 Å². The third kappa shape index (κ3) is 3.38. The molecule has 1 rings (SSSR count). The lowest BCUT2D eigenvalue weighted by molar-refractivity contribution is -0.163. The second-order valence-electron chi connectivity index (χ2n) is 3.27. The van der Waals surface area contributed by atoms with Crippen molar-refractivity contribution in [3.63, 3.8) is 0 Å². The minimum Gasteiger partial charge on any atom is -0.285 e. The van der Waals surface area contributed by atoms with Crippen molar-refractivity contribution >= 4 is 17.5 Å². The highest BCUT2D eigenvalue weighted by molar-refractivity contribution is 6.30. The van der Waals surface area contributed by atoms with Gasteiger partial charge in [0.1, 0.15) is 0 Å². The summed E-state index contributed by atoms with van der Waals surface area (Å²) in [6.45, 7) is 5.14. The Hall–Kier alpha value is -1.32. The highest BCUT2D eigenvalue weighted by atomic mass is 35.5. The molecule has 0 aliphatic heterocycles. The Balaban J connectivity index is 2.66. The molecule has 0 radical (unpaired) electrons. The molecule has 0 atom stereocenters. The molecular weight excluding hydrogens is 214 g/mol. The molecule has 0 fully saturated rings.